The van der Waals surface area contributed by atoms with Crippen LogP contribution in [0.2, 0.25) is 0 Å². The molecule has 204 valence electrons. The fourth-order valence-corrected chi connectivity index (χ4v) is 4.49. The Morgan fingerprint density at radius 1 is 0.692 bits per heavy atom. The van der Waals surface area contributed by atoms with Crippen molar-refractivity contribution in [1.82, 2.24) is 10.6 Å². The highest BCUT2D eigenvalue weighted by Gasteiger charge is 2.16. The number of amidine groups is 2. The van der Waals surface area contributed by atoms with Crippen LogP contribution in [0.25, 0.3) is 0 Å². The third-order valence-corrected chi connectivity index (χ3v) is 6.59. The van der Waals surface area contributed by atoms with Crippen molar-refractivity contribution in [2.75, 3.05) is 40.4 Å². The van der Waals surface area contributed by atoms with E-state index in [2.05, 4.69) is 20.6 Å². The van der Waals surface area contributed by atoms with E-state index < -0.39 is 0 Å². The lowest BCUT2D eigenvalue weighted by Gasteiger charge is -2.17. The second kappa shape index (κ2) is 12.5. The first-order valence-electron chi connectivity index (χ1n) is 13.1. The van der Waals surface area contributed by atoms with Crippen LogP contribution in [0.15, 0.2) is 64.6 Å². The van der Waals surface area contributed by atoms with Crippen LogP contribution in [0, 0.1) is 5.82 Å². The van der Waals surface area contributed by atoms with Crippen LogP contribution in [0.4, 0.5) is 4.39 Å². The molecule has 0 aromatic heterocycles. The van der Waals surface area contributed by atoms with Gasteiger partial charge in [-0.1, -0.05) is 18.2 Å². The first kappa shape index (κ1) is 26.3. The van der Waals surface area contributed by atoms with E-state index in [1.54, 1.807) is 32.4 Å². The van der Waals surface area contributed by atoms with Crippen molar-refractivity contribution in [1.29, 1.82) is 0 Å². The summed E-state index contributed by atoms with van der Waals surface area (Å²) in [7, 11) is 3.17. The number of aliphatic imine (C=N–C) groups is 2. The van der Waals surface area contributed by atoms with Gasteiger partial charge < -0.3 is 29.6 Å². The molecule has 0 radical (unpaired) electrons. The lowest BCUT2D eigenvalue weighted by Crippen LogP contribution is -2.30. The highest BCUT2D eigenvalue weighted by Crippen LogP contribution is 2.31. The fraction of sp³-hybridized carbons (Fsp3) is 0.333. The number of halogens is 1. The second-order valence-corrected chi connectivity index (χ2v) is 9.22. The van der Waals surface area contributed by atoms with E-state index in [4.69, 9.17) is 18.9 Å². The quantitative estimate of drug-likeness (QED) is 0.401. The maximum Gasteiger partial charge on any atom is 0.161 e. The summed E-state index contributed by atoms with van der Waals surface area (Å²) in [5.41, 5.74) is 2.69. The average Bonchev–Trinajstić information content (AvgIpc) is 3.00. The van der Waals surface area contributed by atoms with Crippen molar-refractivity contribution in [3.63, 3.8) is 0 Å². The number of benzene rings is 3. The lowest BCUT2D eigenvalue weighted by molar-refractivity contribution is 0.270. The molecule has 8 nitrogen and oxygen atoms in total. The van der Waals surface area contributed by atoms with E-state index in [0.717, 1.165) is 61.8 Å². The summed E-state index contributed by atoms with van der Waals surface area (Å²) in [5.74, 6) is 3.50. The van der Waals surface area contributed by atoms with Gasteiger partial charge in [-0.25, -0.2) is 4.39 Å². The Bertz CT molecular complexity index is 1280. The molecule has 0 aliphatic carbocycles. The van der Waals surface area contributed by atoms with Gasteiger partial charge in [0.1, 0.15) is 30.7 Å². The lowest BCUT2D eigenvalue weighted by atomic mass is 10.1. The molecule has 3 aromatic rings. The van der Waals surface area contributed by atoms with Crippen molar-refractivity contribution in [3.05, 3.63) is 82.7 Å². The Morgan fingerprint density at radius 2 is 1.18 bits per heavy atom. The Balaban J connectivity index is 1.25. The summed E-state index contributed by atoms with van der Waals surface area (Å²) in [6.45, 7) is 3.47. The molecule has 0 atom stereocenters. The monoisotopic (exact) mass is 532 g/mol. The van der Waals surface area contributed by atoms with E-state index in [-0.39, 0.29) is 19.0 Å². The Hall–Kier alpha value is -4.27. The van der Waals surface area contributed by atoms with Gasteiger partial charge in [-0.2, -0.15) is 0 Å². The maximum atomic E-state index is 15.4. The molecule has 0 amide bonds. The Labute approximate surface area is 227 Å². The zero-order valence-electron chi connectivity index (χ0n) is 22.3. The minimum atomic E-state index is -0.370. The minimum Gasteiger partial charge on any atom is -0.493 e. The molecule has 0 unspecified atom stereocenters. The third-order valence-electron chi connectivity index (χ3n) is 6.59. The van der Waals surface area contributed by atoms with E-state index in [9.17, 15) is 0 Å². The standard InChI is InChI=1S/C30H33FN4O4/c1-36-26-16-20(29-32-12-4-13-33-29)8-10-24(26)38-18-22-6-3-7-23(28(22)31)19-39-25-11-9-21(17-27(25)37-2)30-34-14-5-15-35-30/h3,6-11,16-17H,4-5,12-15,18-19H2,1-2H3,(H,32,33)(H,34,35). The molecule has 2 heterocycles. The zero-order chi connectivity index (χ0) is 27.0. The maximum absolute atomic E-state index is 15.4. The van der Waals surface area contributed by atoms with Crippen molar-refractivity contribution in [2.45, 2.75) is 26.1 Å². The summed E-state index contributed by atoms with van der Waals surface area (Å²) >= 11 is 0. The van der Waals surface area contributed by atoms with Gasteiger partial charge in [0.15, 0.2) is 23.0 Å². The molecule has 3 aromatic carbocycles. The largest absolute Gasteiger partial charge is 0.493 e. The number of ether oxygens (including phenoxy) is 4. The summed E-state index contributed by atoms with van der Waals surface area (Å²) < 4.78 is 38.4. The second-order valence-electron chi connectivity index (χ2n) is 9.22. The smallest absolute Gasteiger partial charge is 0.161 e. The number of rotatable bonds is 10. The van der Waals surface area contributed by atoms with Crippen molar-refractivity contribution < 1.29 is 23.3 Å². The predicted octanol–water partition coefficient (Wildman–Crippen LogP) is 4.48. The molecule has 0 fully saturated rings. The molecule has 0 saturated carbocycles. The number of nitrogens with one attached hydrogen (secondary N) is 2. The van der Waals surface area contributed by atoms with Crippen LogP contribution in [-0.2, 0) is 13.2 Å². The van der Waals surface area contributed by atoms with Gasteiger partial charge in [-0.15, -0.1) is 0 Å². The molecule has 2 N–H and O–H groups in total. The topological polar surface area (TPSA) is 85.7 Å². The van der Waals surface area contributed by atoms with Gasteiger partial charge >= 0.3 is 0 Å². The third kappa shape index (κ3) is 6.25. The van der Waals surface area contributed by atoms with Crippen LogP contribution in [0.5, 0.6) is 23.0 Å². The van der Waals surface area contributed by atoms with Gasteiger partial charge in [0.2, 0.25) is 0 Å². The molecule has 2 aliphatic heterocycles. The molecule has 9 heteroatoms. The number of hydrogen-bond acceptors (Lipinski definition) is 8. The summed E-state index contributed by atoms with van der Waals surface area (Å²) in [4.78, 5) is 9.05. The Morgan fingerprint density at radius 3 is 1.59 bits per heavy atom. The van der Waals surface area contributed by atoms with E-state index >= 15 is 4.39 Å². The van der Waals surface area contributed by atoms with Crippen LogP contribution in [-0.4, -0.2) is 52.1 Å². The van der Waals surface area contributed by atoms with Crippen molar-refractivity contribution in [3.8, 4) is 23.0 Å². The van der Waals surface area contributed by atoms with Gasteiger partial charge in [-0.3, -0.25) is 9.98 Å². The first-order valence-corrected chi connectivity index (χ1v) is 13.1. The minimum absolute atomic E-state index is 0.0434. The SMILES string of the molecule is COc1cc(C2=NCCCN2)ccc1OCc1cccc(COc2ccc(C3=NCCCN3)cc2OC)c1F. The highest BCUT2D eigenvalue weighted by molar-refractivity contribution is 6.00. The van der Waals surface area contributed by atoms with Crippen LogP contribution >= 0.6 is 0 Å². The predicted molar refractivity (Wildman–Crippen MR) is 149 cm³/mol. The molecular formula is C30H33FN4O4. The fourth-order valence-electron chi connectivity index (χ4n) is 4.49. The van der Waals surface area contributed by atoms with Gasteiger partial charge in [0.05, 0.1) is 14.2 Å². The highest BCUT2D eigenvalue weighted by atomic mass is 19.1. The number of nitrogens with zero attached hydrogens (tertiary/aromatic N) is 2. The average molecular weight is 533 g/mol. The van der Waals surface area contributed by atoms with E-state index in [1.165, 1.54) is 0 Å². The Kier molecular flexibility index (Phi) is 8.45. The van der Waals surface area contributed by atoms with Crippen LogP contribution < -0.4 is 29.6 Å². The van der Waals surface area contributed by atoms with Crippen LogP contribution in [0.1, 0.15) is 35.1 Å². The van der Waals surface area contributed by atoms with Gasteiger partial charge in [-0.05, 0) is 49.2 Å². The molecule has 39 heavy (non-hydrogen) atoms. The number of methoxy groups -OCH3 is 2. The number of hydrogen-bond donors (Lipinski definition) is 2. The molecular weight excluding hydrogens is 499 g/mol. The van der Waals surface area contributed by atoms with Gasteiger partial charge in [0, 0.05) is 48.4 Å². The first-order chi connectivity index (χ1) is 19.2. The summed E-state index contributed by atoms with van der Waals surface area (Å²) in [6.07, 6.45) is 2.04. The zero-order valence-corrected chi connectivity index (χ0v) is 22.3. The molecule has 5 rings (SSSR count). The van der Waals surface area contributed by atoms with E-state index in [0.29, 0.717) is 34.1 Å². The molecule has 0 spiro atoms. The van der Waals surface area contributed by atoms with Crippen LogP contribution in [0.3, 0.4) is 0 Å². The van der Waals surface area contributed by atoms with Crippen molar-refractivity contribution >= 4 is 11.7 Å². The van der Waals surface area contributed by atoms with Gasteiger partial charge in [0.25, 0.3) is 0 Å². The molecule has 2 aliphatic rings. The van der Waals surface area contributed by atoms with E-state index in [1.807, 2.05) is 36.4 Å². The molecule has 0 saturated heterocycles. The summed E-state index contributed by atoms with van der Waals surface area (Å²) in [6, 6.07) is 16.4. The molecule has 0 bridgehead atoms. The van der Waals surface area contributed by atoms with Crippen molar-refractivity contribution in [2.24, 2.45) is 9.98 Å². The normalized spacial score (nSPS) is 14.8. The summed E-state index contributed by atoms with van der Waals surface area (Å²) in [5, 5.41) is 6.61.